The van der Waals surface area contributed by atoms with Gasteiger partial charge >= 0.3 is 5.97 Å². The van der Waals surface area contributed by atoms with E-state index in [9.17, 15) is 9.59 Å². The lowest BCUT2D eigenvalue weighted by Gasteiger charge is -2.14. The number of amides is 1. The number of carbonyl (C=O) groups excluding carboxylic acids is 2. The summed E-state index contributed by atoms with van der Waals surface area (Å²) in [5, 5.41) is 11.5. The number of ether oxygens (including phenoxy) is 2. The molecule has 0 fully saturated rings. The summed E-state index contributed by atoms with van der Waals surface area (Å²) in [4.78, 5) is 23.9. The van der Waals surface area contributed by atoms with Gasteiger partial charge in [0.15, 0.2) is 6.10 Å². The van der Waals surface area contributed by atoms with Gasteiger partial charge in [-0.15, -0.1) is 0 Å². The fourth-order valence-electron chi connectivity index (χ4n) is 2.18. The molecule has 0 aliphatic carbocycles. The molecule has 26 heavy (non-hydrogen) atoms. The summed E-state index contributed by atoms with van der Waals surface area (Å²) in [5.41, 5.74) is 1.88. The van der Waals surface area contributed by atoms with Crippen molar-refractivity contribution < 1.29 is 19.1 Å². The molecule has 0 bridgehead atoms. The molecule has 0 saturated carbocycles. The highest BCUT2D eigenvalue weighted by molar-refractivity contribution is 5.95. The minimum Gasteiger partial charge on any atom is -0.493 e. The van der Waals surface area contributed by atoms with Gasteiger partial charge in [-0.1, -0.05) is 24.3 Å². The highest BCUT2D eigenvalue weighted by Crippen LogP contribution is 2.16. The Morgan fingerprint density at radius 3 is 2.69 bits per heavy atom. The number of aryl methyl sites for hydroxylation is 1. The molecule has 0 aliphatic heterocycles. The van der Waals surface area contributed by atoms with Crippen LogP contribution in [0.3, 0.4) is 0 Å². The first-order valence-electron chi connectivity index (χ1n) is 8.18. The molecule has 0 radical (unpaired) electrons. The maximum atomic E-state index is 12.1. The molecule has 6 heteroatoms. The molecule has 0 unspecified atom stereocenters. The van der Waals surface area contributed by atoms with Gasteiger partial charge in [-0.2, -0.15) is 5.26 Å². The topological polar surface area (TPSA) is 88.4 Å². The largest absolute Gasteiger partial charge is 0.493 e. The molecule has 0 heterocycles. The quantitative estimate of drug-likeness (QED) is 0.773. The van der Waals surface area contributed by atoms with Crippen LogP contribution in [0.4, 0.5) is 5.69 Å². The highest BCUT2D eigenvalue weighted by atomic mass is 16.5. The first kappa shape index (κ1) is 19.0. The fourth-order valence-corrected chi connectivity index (χ4v) is 2.18. The average Bonchev–Trinajstić information content (AvgIpc) is 2.63. The summed E-state index contributed by atoms with van der Waals surface area (Å²) in [5.74, 6) is -0.274. The Kier molecular flexibility index (Phi) is 6.75. The van der Waals surface area contributed by atoms with Crippen LogP contribution in [0, 0.1) is 18.3 Å². The fraction of sp³-hybridized carbons (Fsp3) is 0.250. The summed E-state index contributed by atoms with van der Waals surface area (Å²) < 4.78 is 10.7. The average molecular weight is 352 g/mol. The van der Waals surface area contributed by atoms with Gasteiger partial charge in [0, 0.05) is 5.69 Å². The second-order valence-corrected chi connectivity index (χ2v) is 5.68. The van der Waals surface area contributed by atoms with Gasteiger partial charge in [0.1, 0.15) is 5.75 Å². The van der Waals surface area contributed by atoms with Gasteiger partial charge < -0.3 is 14.8 Å². The lowest BCUT2D eigenvalue weighted by Crippen LogP contribution is -2.30. The van der Waals surface area contributed by atoms with Gasteiger partial charge in [-0.05, 0) is 43.7 Å². The maximum absolute atomic E-state index is 12.1. The minimum atomic E-state index is -0.952. The molecule has 134 valence electrons. The first-order chi connectivity index (χ1) is 12.5. The van der Waals surface area contributed by atoms with Crippen LogP contribution in [0.15, 0.2) is 48.5 Å². The van der Waals surface area contributed by atoms with E-state index in [-0.39, 0.29) is 13.0 Å². The molecule has 6 nitrogen and oxygen atoms in total. The maximum Gasteiger partial charge on any atom is 0.310 e. The van der Waals surface area contributed by atoms with E-state index in [0.717, 1.165) is 5.56 Å². The molecule has 0 aliphatic rings. The van der Waals surface area contributed by atoms with E-state index in [1.54, 1.807) is 24.3 Å². The number of anilines is 1. The second kappa shape index (κ2) is 9.23. The number of nitrogens with one attached hydrogen (secondary N) is 1. The molecule has 1 atom stereocenters. The van der Waals surface area contributed by atoms with E-state index in [1.807, 2.05) is 37.3 Å². The number of benzene rings is 2. The van der Waals surface area contributed by atoms with Gasteiger partial charge in [-0.25, -0.2) is 0 Å². The van der Waals surface area contributed by atoms with Crippen LogP contribution in [-0.4, -0.2) is 24.6 Å². The number of rotatable bonds is 7. The van der Waals surface area contributed by atoms with Crippen LogP contribution in [0.2, 0.25) is 0 Å². The SMILES string of the molecule is Cc1ccccc1OCCC(=O)O[C@H](C)C(=O)Nc1cccc(C#N)c1. The summed E-state index contributed by atoms with van der Waals surface area (Å²) >= 11 is 0. The van der Waals surface area contributed by atoms with Gasteiger partial charge in [0.05, 0.1) is 24.7 Å². The monoisotopic (exact) mass is 352 g/mol. The molecule has 0 aromatic heterocycles. The van der Waals surface area contributed by atoms with E-state index >= 15 is 0 Å². The predicted molar refractivity (Wildman–Crippen MR) is 96.6 cm³/mol. The van der Waals surface area contributed by atoms with Crippen molar-refractivity contribution in [1.82, 2.24) is 0 Å². The molecule has 1 N–H and O–H groups in total. The van der Waals surface area contributed by atoms with Crippen molar-refractivity contribution in [2.24, 2.45) is 0 Å². The van der Waals surface area contributed by atoms with Crippen molar-refractivity contribution in [3.05, 3.63) is 59.7 Å². The van der Waals surface area contributed by atoms with Crippen LogP contribution in [-0.2, 0) is 14.3 Å². The van der Waals surface area contributed by atoms with Crippen molar-refractivity contribution >= 4 is 17.6 Å². The van der Waals surface area contributed by atoms with Crippen LogP contribution >= 0.6 is 0 Å². The molecule has 2 aromatic rings. The number of carbonyl (C=O) groups is 2. The van der Waals surface area contributed by atoms with Crippen molar-refractivity contribution in [3.63, 3.8) is 0 Å². The molecule has 2 rings (SSSR count). The Morgan fingerprint density at radius 1 is 1.19 bits per heavy atom. The van der Waals surface area contributed by atoms with Crippen molar-refractivity contribution in [2.75, 3.05) is 11.9 Å². The smallest absolute Gasteiger partial charge is 0.310 e. The van der Waals surface area contributed by atoms with E-state index < -0.39 is 18.0 Å². The van der Waals surface area contributed by atoms with Crippen LogP contribution in [0.1, 0.15) is 24.5 Å². The minimum absolute atomic E-state index is 0.0376. The van der Waals surface area contributed by atoms with E-state index in [2.05, 4.69) is 5.32 Å². The van der Waals surface area contributed by atoms with E-state index in [0.29, 0.717) is 17.0 Å². The Balaban J connectivity index is 1.78. The lowest BCUT2D eigenvalue weighted by atomic mass is 10.2. The third-order valence-electron chi connectivity index (χ3n) is 3.59. The summed E-state index contributed by atoms with van der Waals surface area (Å²) in [6.07, 6.45) is -0.915. The zero-order valence-electron chi connectivity index (χ0n) is 14.7. The zero-order chi connectivity index (χ0) is 18.9. The van der Waals surface area contributed by atoms with Crippen molar-refractivity contribution in [1.29, 1.82) is 5.26 Å². The standard InChI is InChI=1S/C20H20N2O4/c1-14-6-3-4-9-18(14)25-11-10-19(23)26-15(2)20(24)22-17-8-5-7-16(12-17)13-21/h3-9,12,15H,10-11H2,1-2H3,(H,22,24)/t15-/m1/s1. The molecular formula is C20H20N2O4. The number of esters is 1. The second-order valence-electron chi connectivity index (χ2n) is 5.68. The predicted octanol–water partition coefficient (Wildman–Crippen LogP) is 3.21. The molecule has 0 saturated heterocycles. The third-order valence-corrected chi connectivity index (χ3v) is 3.59. The van der Waals surface area contributed by atoms with Crippen LogP contribution < -0.4 is 10.1 Å². The molecule has 1 amide bonds. The van der Waals surface area contributed by atoms with Crippen molar-refractivity contribution in [3.8, 4) is 11.8 Å². The van der Waals surface area contributed by atoms with Crippen LogP contribution in [0.25, 0.3) is 0 Å². The number of hydrogen-bond acceptors (Lipinski definition) is 5. The van der Waals surface area contributed by atoms with E-state index in [1.165, 1.54) is 6.92 Å². The molecular weight excluding hydrogens is 332 g/mol. The first-order valence-corrected chi connectivity index (χ1v) is 8.18. The Hall–Kier alpha value is -3.33. The number of nitrogens with zero attached hydrogens (tertiary/aromatic N) is 1. The number of nitriles is 1. The van der Waals surface area contributed by atoms with Gasteiger partial charge in [0.25, 0.3) is 5.91 Å². The zero-order valence-corrected chi connectivity index (χ0v) is 14.7. The van der Waals surface area contributed by atoms with Gasteiger partial charge in [-0.3, -0.25) is 9.59 Å². The lowest BCUT2D eigenvalue weighted by molar-refractivity contribution is -0.153. The summed E-state index contributed by atoms with van der Waals surface area (Å²) in [6.45, 7) is 3.58. The Bertz CT molecular complexity index is 827. The normalized spacial score (nSPS) is 11.1. The van der Waals surface area contributed by atoms with Crippen LogP contribution in [0.5, 0.6) is 5.75 Å². The number of para-hydroxylation sites is 1. The summed E-state index contributed by atoms with van der Waals surface area (Å²) in [6, 6.07) is 16.0. The van der Waals surface area contributed by atoms with E-state index in [4.69, 9.17) is 14.7 Å². The molecule has 0 spiro atoms. The van der Waals surface area contributed by atoms with Gasteiger partial charge in [0.2, 0.25) is 0 Å². The Labute approximate surface area is 152 Å². The highest BCUT2D eigenvalue weighted by Gasteiger charge is 2.18. The number of hydrogen-bond donors (Lipinski definition) is 1. The van der Waals surface area contributed by atoms with Crippen molar-refractivity contribution in [2.45, 2.75) is 26.4 Å². The molecule has 2 aromatic carbocycles. The third kappa shape index (κ3) is 5.64. The Morgan fingerprint density at radius 2 is 1.96 bits per heavy atom. The summed E-state index contributed by atoms with van der Waals surface area (Å²) in [7, 11) is 0.